The van der Waals surface area contributed by atoms with Gasteiger partial charge in [0.15, 0.2) is 0 Å². The molecular formula is C18H23NO2. The predicted molar refractivity (Wildman–Crippen MR) is 82.6 cm³/mol. The van der Waals surface area contributed by atoms with Crippen molar-refractivity contribution in [2.45, 2.75) is 45.1 Å². The number of benzene rings is 1. The summed E-state index contributed by atoms with van der Waals surface area (Å²) in [7, 11) is 0. The van der Waals surface area contributed by atoms with Gasteiger partial charge in [0, 0.05) is 11.7 Å². The van der Waals surface area contributed by atoms with Crippen LogP contribution in [0.5, 0.6) is 0 Å². The van der Waals surface area contributed by atoms with Crippen LogP contribution in [0.1, 0.15) is 48.0 Å². The molecule has 0 amide bonds. The molecule has 0 spiro atoms. The van der Waals surface area contributed by atoms with Crippen molar-refractivity contribution in [2.24, 2.45) is 23.7 Å². The quantitative estimate of drug-likeness (QED) is 0.884. The van der Waals surface area contributed by atoms with Crippen LogP contribution in [0, 0.1) is 30.6 Å². The molecule has 1 aromatic rings. The van der Waals surface area contributed by atoms with E-state index in [1.807, 2.05) is 12.1 Å². The maximum absolute atomic E-state index is 11.2. The summed E-state index contributed by atoms with van der Waals surface area (Å²) in [5, 5.41) is 12.9. The van der Waals surface area contributed by atoms with E-state index in [9.17, 15) is 9.90 Å². The lowest BCUT2D eigenvalue weighted by Crippen LogP contribution is -2.51. The Hall–Kier alpha value is -1.51. The van der Waals surface area contributed by atoms with Crippen molar-refractivity contribution in [2.75, 3.05) is 5.32 Å². The number of carboxylic acid groups (broad SMARTS) is 1. The largest absolute Gasteiger partial charge is 0.478 e. The van der Waals surface area contributed by atoms with Crippen molar-refractivity contribution in [1.82, 2.24) is 0 Å². The molecule has 0 radical (unpaired) electrons. The van der Waals surface area contributed by atoms with Crippen molar-refractivity contribution >= 4 is 11.7 Å². The molecular weight excluding hydrogens is 262 g/mol. The summed E-state index contributed by atoms with van der Waals surface area (Å²) in [5.74, 6) is 2.69. The summed E-state index contributed by atoms with van der Waals surface area (Å²) < 4.78 is 0. The Morgan fingerprint density at radius 1 is 1.10 bits per heavy atom. The van der Waals surface area contributed by atoms with Gasteiger partial charge in [-0.15, -0.1) is 0 Å². The Labute approximate surface area is 125 Å². The van der Waals surface area contributed by atoms with Crippen LogP contribution in [0.25, 0.3) is 0 Å². The smallest absolute Gasteiger partial charge is 0.335 e. The molecule has 4 aliphatic rings. The SMILES string of the molecule is Cc1ccc(C(=O)O)cc1NC1C2CC3CC(C2)CC1C3. The summed E-state index contributed by atoms with van der Waals surface area (Å²) in [6, 6.07) is 5.98. The second-order valence-electron chi connectivity index (χ2n) is 7.44. The molecule has 3 heteroatoms. The molecule has 21 heavy (non-hydrogen) atoms. The average Bonchev–Trinajstić information content (AvgIpc) is 2.43. The van der Waals surface area contributed by atoms with Crippen LogP contribution in [0.4, 0.5) is 5.69 Å². The normalized spacial score (nSPS) is 36.7. The molecule has 0 heterocycles. The fourth-order valence-electron chi connectivity index (χ4n) is 5.25. The zero-order valence-corrected chi connectivity index (χ0v) is 12.5. The summed E-state index contributed by atoms with van der Waals surface area (Å²) in [4.78, 5) is 11.2. The minimum atomic E-state index is -0.844. The Bertz CT molecular complexity index is 553. The molecule has 0 atom stereocenters. The fourth-order valence-corrected chi connectivity index (χ4v) is 5.25. The minimum absolute atomic E-state index is 0.381. The molecule has 2 N–H and O–H groups in total. The first-order valence-electron chi connectivity index (χ1n) is 8.20. The Kier molecular flexibility index (Phi) is 2.98. The van der Waals surface area contributed by atoms with Crippen molar-refractivity contribution in [3.8, 4) is 0 Å². The number of anilines is 1. The van der Waals surface area contributed by atoms with Gasteiger partial charge in [0.25, 0.3) is 0 Å². The molecule has 4 fully saturated rings. The van der Waals surface area contributed by atoms with E-state index >= 15 is 0 Å². The van der Waals surface area contributed by atoms with Crippen LogP contribution in [-0.2, 0) is 0 Å². The predicted octanol–water partition coefficient (Wildman–Crippen LogP) is 3.93. The summed E-state index contributed by atoms with van der Waals surface area (Å²) in [5.41, 5.74) is 2.55. The van der Waals surface area contributed by atoms with Gasteiger partial charge in [0.2, 0.25) is 0 Å². The third kappa shape index (κ3) is 2.23. The van der Waals surface area contributed by atoms with Crippen molar-refractivity contribution in [1.29, 1.82) is 0 Å². The number of nitrogens with one attached hydrogen (secondary N) is 1. The van der Waals surface area contributed by atoms with Crippen molar-refractivity contribution < 1.29 is 9.90 Å². The van der Waals surface area contributed by atoms with Gasteiger partial charge in [0.05, 0.1) is 5.56 Å². The molecule has 112 valence electrons. The number of aromatic carboxylic acids is 1. The Balaban J connectivity index is 1.59. The molecule has 4 bridgehead atoms. The molecule has 0 aliphatic heterocycles. The van der Waals surface area contributed by atoms with Gasteiger partial charge < -0.3 is 10.4 Å². The zero-order chi connectivity index (χ0) is 14.6. The number of hydrogen-bond acceptors (Lipinski definition) is 2. The van der Waals surface area contributed by atoms with Crippen molar-refractivity contribution in [3.63, 3.8) is 0 Å². The van der Waals surface area contributed by atoms with Crippen LogP contribution in [0.15, 0.2) is 18.2 Å². The third-order valence-corrected chi connectivity index (χ3v) is 6.03. The molecule has 4 aliphatic carbocycles. The third-order valence-electron chi connectivity index (χ3n) is 6.03. The van der Waals surface area contributed by atoms with E-state index in [0.717, 1.165) is 34.9 Å². The lowest BCUT2D eigenvalue weighted by Gasteiger charge is -2.54. The first-order chi connectivity index (χ1) is 10.1. The molecule has 4 saturated carbocycles. The van der Waals surface area contributed by atoms with E-state index in [0.29, 0.717) is 11.6 Å². The van der Waals surface area contributed by atoms with E-state index in [2.05, 4.69) is 12.2 Å². The molecule has 0 aromatic heterocycles. The van der Waals surface area contributed by atoms with Crippen LogP contribution in [0.3, 0.4) is 0 Å². The topological polar surface area (TPSA) is 49.3 Å². The van der Waals surface area contributed by atoms with Gasteiger partial charge in [-0.3, -0.25) is 0 Å². The van der Waals surface area contributed by atoms with Crippen LogP contribution < -0.4 is 5.32 Å². The van der Waals surface area contributed by atoms with E-state index in [4.69, 9.17) is 0 Å². The maximum Gasteiger partial charge on any atom is 0.335 e. The molecule has 0 saturated heterocycles. The highest BCUT2D eigenvalue weighted by Gasteiger charge is 2.48. The molecule has 3 nitrogen and oxygen atoms in total. The first-order valence-corrected chi connectivity index (χ1v) is 8.20. The van der Waals surface area contributed by atoms with E-state index in [-0.39, 0.29) is 0 Å². The van der Waals surface area contributed by atoms with E-state index in [1.165, 1.54) is 32.1 Å². The number of carboxylic acids is 1. The molecule has 1 aromatic carbocycles. The summed E-state index contributed by atoms with van der Waals surface area (Å²) >= 11 is 0. The Morgan fingerprint density at radius 3 is 2.29 bits per heavy atom. The fraction of sp³-hybridized carbons (Fsp3) is 0.611. The minimum Gasteiger partial charge on any atom is -0.478 e. The number of aryl methyl sites for hydroxylation is 1. The Morgan fingerprint density at radius 2 is 1.71 bits per heavy atom. The van der Waals surface area contributed by atoms with Crippen molar-refractivity contribution in [3.05, 3.63) is 29.3 Å². The second-order valence-corrected chi connectivity index (χ2v) is 7.44. The van der Waals surface area contributed by atoms with Gasteiger partial charge in [-0.1, -0.05) is 6.07 Å². The highest BCUT2D eigenvalue weighted by molar-refractivity contribution is 5.89. The van der Waals surface area contributed by atoms with E-state index in [1.54, 1.807) is 6.07 Å². The number of carbonyl (C=O) groups is 1. The average molecular weight is 285 g/mol. The lowest BCUT2D eigenvalue weighted by atomic mass is 9.54. The standard InChI is InChI=1S/C18H23NO2/c1-10-2-3-13(18(20)21)9-16(10)19-17-14-5-11-4-12(7-14)8-15(17)6-11/h2-3,9,11-12,14-15,17,19H,4-8H2,1H3,(H,20,21). The summed E-state index contributed by atoms with van der Waals surface area (Å²) in [6.07, 6.45) is 6.97. The van der Waals surface area contributed by atoms with Gasteiger partial charge >= 0.3 is 5.97 Å². The molecule has 5 rings (SSSR count). The van der Waals surface area contributed by atoms with Crippen LogP contribution in [0.2, 0.25) is 0 Å². The van der Waals surface area contributed by atoms with Gasteiger partial charge in [-0.05, 0) is 80.4 Å². The number of rotatable bonds is 3. The highest BCUT2D eigenvalue weighted by Crippen LogP contribution is 2.54. The lowest BCUT2D eigenvalue weighted by molar-refractivity contribution is 0.00752. The maximum atomic E-state index is 11.2. The molecule has 0 unspecified atom stereocenters. The first kappa shape index (κ1) is 13.2. The van der Waals surface area contributed by atoms with Gasteiger partial charge in [-0.25, -0.2) is 4.79 Å². The summed E-state index contributed by atoms with van der Waals surface area (Å²) in [6.45, 7) is 2.06. The van der Waals surface area contributed by atoms with Crippen LogP contribution in [-0.4, -0.2) is 17.1 Å². The zero-order valence-electron chi connectivity index (χ0n) is 12.5. The van der Waals surface area contributed by atoms with Gasteiger partial charge in [0.1, 0.15) is 0 Å². The monoisotopic (exact) mass is 285 g/mol. The van der Waals surface area contributed by atoms with Crippen LogP contribution >= 0.6 is 0 Å². The second kappa shape index (κ2) is 4.75. The van der Waals surface area contributed by atoms with Gasteiger partial charge in [-0.2, -0.15) is 0 Å². The number of hydrogen-bond donors (Lipinski definition) is 2. The highest BCUT2D eigenvalue weighted by atomic mass is 16.4. The van der Waals surface area contributed by atoms with E-state index < -0.39 is 5.97 Å².